The van der Waals surface area contributed by atoms with E-state index in [2.05, 4.69) is 15.3 Å². The fraction of sp³-hybridized carbons (Fsp3) is 0.286. The summed E-state index contributed by atoms with van der Waals surface area (Å²) in [5.74, 6) is 0.863. The van der Waals surface area contributed by atoms with Crippen molar-refractivity contribution in [1.29, 1.82) is 0 Å². The molecule has 0 saturated heterocycles. The maximum Gasteiger partial charge on any atom is 0.238 e. The van der Waals surface area contributed by atoms with Crippen LogP contribution in [0.5, 0.6) is 11.6 Å². The van der Waals surface area contributed by atoms with Crippen molar-refractivity contribution in [1.82, 2.24) is 15.3 Å². The minimum absolute atomic E-state index is 0.353. The summed E-state index contributed by atoms with van der Waals surface area (Å²) in [6.45, 7) is 0.774. The second kappa shape index (κ2) is 5.95. The Kier molecular flexibility index (Phi) is 4.05. The summed E-state index contributed by atoms with van der Waals surface area (Å²) in [6, 6.07) is 4.18. The van der Waals surface area contributed by atoms with E-state index < -0.39 is 0 Å². The van der Waals surface area contributed by atoms with E-state index in [1.165, 1.54) is 19.0 Å². The summed E-state index contributed by atoms with van der Waals surface area (Å²) in [5.41, 5.74) is 1.04. The Morgan fingerprint density at radius 1 is 1.20 bits per heavy atom. The second-order valence-corrected chi connectivity index (χ2v) is 5.57. The molecule has 2 heterocycles. The highest BCUT2D eigenvalue weighted by Gasteiger charge is 2.20. The van der Waals surface area contributed by atoms with Crippen LogP contribution in [0, 0.1) is 0 Å². The molecule has 2 aromatic heterocycles. The number of nitrogens with one attached hydrogen (secondary N) is 1. The Morgan fingerprint density at radius 2 is 2.05 bits per heavy atom. The SMILES string of the molecule is Clc1cncc(Oc2ncc(CNC3CC3)cc2Cl)c1. The maximum absolute atomic E-state index is 6.18. The van der Waals surface area contributed by atoms with Gasteiger partial charge < -0.3 is 10.1 Å². The molecular weight excluding hydrogens is 297 g/mol. The molecule has 1 aliphatic rings. The predicted molar refractivity (Wildman–Crippen MR) is 78.4 cm³/mol. The van der Waals surface area contributed by atoms with Crippen molar-refractivity contribution in [2.45, 2.75) is 25.4 Å². The molecule has 0 spiro atoms. The lowest BCUT2D eigenvalue weighted by Gasteiger charge is -2.08. The first-order valence-electron chi connectivity index (χ1n) is 6.37. The van der Waals surface area contributed by atoms with Crippen molar-refractivity contribution in [3.63, 3.8) is 0 Å². The number of pyridine rings is 2. The van der Waals surface area contributed by atoms with E-state index in [9.17, 15) is 0 Å². The number of hydrogen-bond donors (Lipinski definition) is 1. The molecule has 0 bridgehead atoms. The smallest absolute Gasteiger partial charge is 0.238 e. The Bertz CT molecular complexity index is 617. The van der Waals surface area contributed by atoms with Gasteiger partial charge in [-0.05, 0) is 24.5 Å². The van der Waals surface area contributed by atoms with Gasteiger partial charge in [-0.1, -0.05) is 23.2 Å². The van der Waals surface area contributed by atoms with Crippen molar-refractivity contribution in [2.75, 3.05) is 0 Å². The molecule has 1 fully saturated rings. The van der Waals surface area contributed by atoms with E-state index in [0.29, 0.717) is 27.7 Å². The monoisotopic (exact) mass is 309 g/mol. The van der Waals surface area contributed by atoms with Crippen molar-refractivity contribution in [2.24, 2.45) is 0 Å². The van der Waals surface area contributed by atoms with Gasteiger partial charge in [0.05, 0.1) is 11.2 Å². The van der Waals surface area contributed by atoms with Gasteiger partial charge in [-0.25, -0.2) is 4.98 Å². The minimum Gasteiger partial charge on any atom is -0.436 e. The molecule has 0 aliphatic heterocycles. The standard InChI is InChI=1S/C14H13Cl2N3O/c15-10-4-12(8-17-7-10)20-14-13(16)3-9(6-19-14)5-18-11-1-2-11/h3-4,6-8,11,18H,1-2,5H2. The zero-order valence-corrected chi connectivity index (χ0v) is 12.2. The number of ether oxygens (including phenoxy) is 1. The maximum atomic E-state index is 6.18. The Labute approximate surface area is 127 Å². The Morgan fingerprint density at radius 3 is 2.75 bits per heavy atom. The highest BCUT2D eigenvalue weighted by atomic mass is 35.5. The number of halogens is 2. The first-order chi connectivity index (χ1) is 9.70. The average Bonchev–Trinajstić information content (AvgIpc) is 3.23. The van der Waals surface area contributed by atoms with Gasteiger partial charge in [0.25, 0.3) is 0 Å². The summed E-state index contributed by atoms with van der Waals surface area (Å²) in [5, 5.41) is 4.39. The predicted octanol–water partition coefficient (Wildman–Crippen LogP) is 3.83. The van der Waals surface area contributed by atoms with Crippen LogP contribution < -0.4 is 10.1 Å². The summed E-state index contributed by atoms with van der Waals surface area (Å²) in [7, 11) is 0. The zero-order chi connectivity index (χ0) is 13.9. The van der Waals surface area contributed by atoms with Crippen LogP contribution in [0.25, 0.3) is 0 Å². The van der Waals surface area contributed by atoms with E-state index in [4.69, 9.17) is 27.9 Å². The quantitative estimate of drug-likeness (QED) is 0.912. The van der Waals surface area contributed by atoms with Crippen molar-refractivity contribution in [3.05, 3.63) is 46.3 Å². The Balaban J connectivity index is 1.69. The first kappa shape index (κ1) is 13.6. The molecule has 1 N–H and O–H groups in total. The normalized spacial score (nSPS) is 14.3. The van der Waals surface area contributed by atoms with Crippen LogP contribution in [0.3, 0.4) is 0 Å². The molecule has 0 aromatic carbocycles. The van der Waals surface area contributed by atoms with E-state index in [1.54, 1.807) is 18.5 Å². The minimum atomic E-state index is 0.353. The van der Waals surface area contributed by atoms with E-state index in [-0.39, 0.29) is 0 Å². The molecule has 20 heavy (non-hydrogen) atoms. The number of hydrogen-bond acceptors (Lipinski definition) is 4. The van der Waals surface area contributed by atoms with Crippen LogP contribution in [0.2, 0.25) is 10.0 Å². The molecule has 104 valence electrons. The number of rotatable bonds is 5. The number of nitrogens with zero attached hydrogens (tertiary/aromatic N) is 2. The lowest BCUT2D eigenvalue weighted by Crippen LogP contribution is -2.15. The van der Waals surface area contributed by atoms with Crippen LogP contribution in [-0.2, 0) is 6.54 Å². The molecular formula is C14H13Cl2N3O. The van der Waals surface area contributed by atoms with Crippen LogP contribution >= 0.6 is 23.2 Å². The van der Waals surface area contributed by atoms with Crippen molar-refractivity contribution >= 4 is 23.2 Å². The second-order valence-electron chi connectivity index (χ2n) is 4.73. The Hall–Kier alpha value is -1.36. The lowest BCUT2D eigenvalue weighted by molar-refractivity contribution is 0.460. The van der Waals surface area contributed by atoms with Gasteiger partial charge >= 0.3 is 0 Å². The van der Waals surface area contributed by atoms with Crippen LogP contribution in [0.15, 0.2) is 30.7 Å². The van der Waals surface area contributed by atoms with Gasteiger partial charge in [0, 0.05) is 31.0 Å². The van der Waals surface area contributed by atoms with Gasteiger partial charge in [-0.2, -0.15) is 0 Å². The highest BCUT2D eigenvalue weighted by Crippen LogP contribution is 2.28. The fourth-order valence-electron chi connectivity index (χ4n) is 1.75. The first-order valence-corrected chi connectivity index (χ1v) is 7.12. The highest BCUT2D eigenvalue weighted by molar-refractivity contribution is 6.32. The van der Waals surface area contributed by atoms with Gasteiger partial charge in [0.2, 0.25) is 5.88 Å². The third kappa shape index (κ3) is 3.60. The number of aromatic nitrogens is 2. The topological polar surface area (TPSA) is 47.0 Å². The molecule has 0 amide bonds. The zero-order valence-electron chi connectivity index (χ0n) is 10.6. The largest absolute Gasteiger partial charge is 0.436 e. The third-order valence-electron chi connectivity index (χ3n) is 2.93. The molecule has 6 heteroatoms. The fourth-order valence-corrected chi connectivity index (χ4v) is 2.14. The van der Waals surface area contributed by atoms with Gasteiger partial charge in [0.1, 0.15) is 10.8 Å². The van der Waals surface area contributed by atoms with E-state index >= 15 is 0 Å². The van der Waals surface area contributed by atoms with Crippen LogP contribution in [0.1, 0.15) is 18.4 Å². The summed E-state index contributed by atoms with van der Waals surface area (Å²) in [4.78, 5) is 8.18. The van der Waals surface area contributed by atoms with Gasteiger partial charge in [0.15, 0.2) is 0 Å². The summed E-state index contributed by atoms with van der Waals surface area (Å²) >= 11 is 12.0. The molecule has 3 rings (SSSR count). The summed E-state index contributed by atoms with van der Waals surface area (Å²) < 4.78 is 5.57. The average molecular weight is 310 g/mol. The van der Waals surface area contributed by atoms with E-state index in [1.807, 2.05) is 6.07 Å². The van der Waals surface area contributed by atoms with Crippen molar-refractivity contribution in [3.8, 4) is 11.6 Å². The van der Waals surface area contributed by atoms with Crippen molar-refractivity contribution < 1.29 is 4.74 Å². The lowest BCUT2D eigenvalue weighted by atomic mass is 10.3. The molecule has 2 aromatic rings. The third-order valence-corrected chi connectivity index (χ3v) is 3.41. The van der Waals surface area contributed by atoms with Crippen LogP contribution in [0.4, 0.5) is 0 Å². The molecule has 1 aliphatic carbocycles. The van der Waals surface area contributed by atoms with Gasteiger partial charge in [-0.3, -0.25) is 4.98 Å². The molecule has 4 nitrogen and oxygen atoms in total. The molecule has 0 atom stereocenters. The molecule has 1 saturated carbocycles. The van der Waals surface area contributed by atoms with Crippen LogP contribution in [-0.4, -0.2) is 16.0 Å². The van der Waals surface area contributed by atoms with Gasteiger partial charge in [-0.15, -0.1) is 0 Å². The summed E-state index contributed by atoms with van der Waals surface area (Å²) in [6.07, 6.45) is 7.37. The molecule has 0 radical (unpaired) electrons. The van der Waals surface area contributed by atoms with E-state index in [0.717, 1.165) is 12.1 Å². The molecule has 0 unspecified atom stereocenters.